The number of hydrogen-bond acceptors (Lipinski definition) is 3. The first-order chi connectivity index (χ1) is 10.7. The van der Waals surface area contributed by atoms with Gasteiger partial charge in [-0.2, -0.15) is 0 Å². The molecule has 2 aromatic heterocycles. The summed E-state index contributed by atoms with van der Waals surface area (Å²) in [6, 6.07) is 14.1. The predicted octanol–water partition coefficient (Wildman–Crippen LogP) is 3.34. The van der Waals surface area contributed by atoms with Gasteiger partial charge < -0.3 is 10.3 Å². The number of nitrogens with two attached hydrogens (primary N) is 1. The fraction of sp³-hybridized carbons (Fsp3) is 0.176. The van der Waals surface area contributed by atoms with E-state index in [4.69, 9.17) is 5.73 Å². The molecule has 1 atom stereocenters. The summed E-state index contributed by atoms with van der Waals surface area (Å²) < 4.78 is 3.15. The van der Waals surface area contributed by atoms with E-state index >= 15 is 0 Å². The van der Waals surface area contributed by atoms with Crippen molar-refractivity contribution in [2.45, 2.75) is 5.92 Å². The maximum atomic E-state index is 5.97. The van der Waals surface area contributed by atoms with Crippen LogP contribution in [0.1, 0.15) is 17.4 Å². The van der Waals surface area contributed by atoms with Crippen molar-refractivity contribution in [2.75, 3.05) is 6.54 Å². The molecule has 3 rings (SSSR count). The van der Waals surface area contributed by atoms with Gasteiger partial charge >= 0.3 is 0 Å². The molecule has 5 heteroatoms. The van der Waals surface area contributed by atoms with Gasteiger partial charge in [0.05, 0.1) is 23.5 Å². The van der Waals surface area contributed by atoms with Crippen LogP contribution in [0.3, 0.4) is 0 Å². The van der Waals surface area contributed by atoms with E-state index in [1.807, 2.05) is 43.6 Å². The molecule has 2 heterocycles. The smallest absolute Gasteiger partial charge is 0.119 e. The second-order valence-electron chi connectivity index (χ2n) is 5.11. The Kier molecular flexibility index (Phi) is 4.36. The average molecular weight is 357 g/mol. The monoisotopic (exact) mass is 356 g/mol. The van der Waals surface area contributed by atoms with Gasteiger partial charge in [0.2, 0.25) is 0 Å². The van der Waals surface area contributed by atoms with Crippen LogP contribution in [0.15, 0.2) is 59.3 Å². The SMILES string of the molecule is Cn1c(-c2ccc(Br)cc2)cnc1C(CN)c1ccccn1. The number of benzene rings is 1. The fourth-order valence-electron chi connectivity index (χ4n) is 2.58. The molecule has 4 nitrogen and oxygen atoms in total. The second-order valence-corrected chi connectivity index (χ2v) is 6.03. The third-order valence-corrected chi connectivity index (χ3v) is 4.28. The van der Waals surface area contributed by atoms with Crippen LogP contribution in [-0.4, -0.2) is 21.1 Å². The van der Waals surface area contributed by atoms with Crippen molar-refractivity contribution in [1.29, 1.82) is 0 Å². The zero-order chi connectivity index (χ0) is 15.5. The van der Waals surface area contributed by atoms with Gasteiger partial charge in [-0.15, -0.1) is 0 Å². The fourth-order valence-corrected chi connectivity index (χ4v) is 2.84. The zero-order valence-corrected chi connectivity index (χ0v) is 13.9. The Bertz CT molecular complexity index is 750. The van der Waals surface area contributed by atoms with E-state index < -0.39 is 0 Å². The van der Waals surface area contributed by atoms with Crippen LogP contribution in [0.5, 0.6) is 0 Å². The summed E-state index contributed by atoms with van der Waals surface area (Å²) in [4.78, 5) is 9.01. The van der Waals surface area contributed by atoms with Crippen molar-refractivity contribution in [1.82, 2.24) is 14.5 Å². The standard InChI is InChI=1S/C17H17BrN4/c1-22-16(12-5-7-13(18)8-6-12)11-21-17(22)14(10-19)15-4-2-3-9-20-15/h2-9,11,14H,10,19H2,1H3. The highest BCUT2D eigenvalue weighted by atomic mass is 79.9. The Balaban J connectivity index is 2.00. The highest BCUT2D eigenvalue weighted by Crippen LogP contribution is 2.27. The lowest BCUT2D eigenvalue weighted by molar-refractivity contribution is 0.685. The number of halogens is 1. The molecule has 0 aliphatic heterocycles. The lowest BCUT2D eigenvalue weighted by Gasteiger charge is -2.15. The van der Waals surface area contributed by atoms with Crippen LogP contribution in [0.4, 0.5) is 0 Å². The predicted molar refractivity (Wildman–Crippen MR) is 91.5 cm³/mol. The normalized spacial score (nSPS) is 12.3. The number of imidazole rings is 1. The summed E-state index contributed by atoms with van der Waals surface area (Å²) in [6.07, 6.45) is 3.68. The quantitative estimate of drug-likeness (QED) is 0.779. The van der Waals surface area contributed by atoms with Crippen LogP contribution >= 0.6 is 15.9 Å². The third-order valence-electron chi connectivity index (χ3n) is 3.76. The number of rotatable bonds is 4. The summed E-state index contributed by atoms with van der Waals surface area (Å²) in [5, 5.41) is 0. The first-order valence-electron chi connectivity index (χ1n) is 7.09. The van der Waals surface area contributed by atoms with Gasteiger partial charge in [0, 0.05) is 24.3 Å². The largest absolute Gasteiger partial charge is 0.331 e. The van der Waals surface area contributed by atoms with E-state index in [0.29, 0.717) is 6.54 Å². The van der Waals surface area contributed by atoms with E-state index in [1.165, 1.54) is 0 Å². The van der Waals surface area contributed by atoms with Crippen LogP contribution < -0.4 is 5.73 Å². The van der Waals surface area contributed by atoms with Crippen LogP contribution in [0, 0.1) is 0 Å². The van der Waals surface area contributed by atoms with Gasteiger partial charge in [-0.3, -0.25) is 4.98 Å². The summed E-state index contributed by atoms with van der Waals surface area (Å²) in [7, 11) is 2.02. The molecule has 0 spiro atoms. The van der Waals surface area contributed by atoms with E-state index in [0.717, 1.165) is 27.2 Å². The molecule has 0 radical (unpaired) electrons. The van der Waals surface area contributed by atoms with E-state index in [2.05, 4.69) is 42.6 Å². The van der Waals surface area contributed by atoms with Crippen molar-refractivity contribution in [3.8, 4) is 11.3 Å². The van der Waals surface area contributed by atoms with Crippen molar-refractivity contribution < 1.29 is 0 Å². The van der Waals surface area contributed by atoms with Gasteiger partial charge in [0.25, 0.3) is 0 Å². The molecule has 22 heavy (non-hydrogen) atoms. The number of hydrogen-bond donors (Lipinski definition) is 1. The first-order valence-corrected chi connectivity index (χ1v) is 7.88. The highest BCUT2D eigenvalue weighted by Gasteiger charge is 2.20. The zero-order valence-electron chi connectivity index (χ0n) is 12.3. The number of nitrogens with zero attached hydrogens (tertiary/aromatic N) is 3. The van der Waals surface area contributed by atoms with E-state index in [9.17, 15) is 0 Å². The third kappa shape index (κ3) is 2.82. The van der Waals surface area contributed by atoms with Crippen molar-refractivity contribution >= 4 is 15.9 Å². The molecule has 0 aliphatic rings. The van der Waals surface area contributed by atoms with E-state index in [1.54, 1.807) is 6.20 Å². The average Bonchev–Trinajstić information content (AvgIpc) is 2.92. The molecule has 0 saturated heterocycles. The van der Waals surface area contributed by atoms with Crippen LogP contribution in [-0.2, 0) is 7.05 Å². The Morgan fingerprint density at radius 3 is 2.55 bits per heavy atom. The number of aromatic nitrogens is 3. The molecule has 0 bridgehead atoms. The maximum absolute atomic E-state index is 5.97. The second kappa shape index (κ2) is 6.42. The molecule has 112 valence electrons. The van der Waals surface area contributed by atoms with Gasteiger partial charge in [-0.25, -0.2) is 4.98 Å². The summed E-state index contributed by atoms with van der Waals surface area (Å²) in [6.45, 7) is 0.474. The molecular formula is C17H17BrN4. The Morgan fingerprint density at radius 1 is 1.14 bits per heavy atom. The topological polar surface area (TPSA) is 56.7 Å². The minimum atomic E-state index is -0.00426. The minimum absolute atomic E-state index is 0.00426. The van der Waals surface area contributed by atoms with Gasteiger partial charge in [0.15, 0.2) is 0 Å². The molecule has 1 unspecified atom stereocenters. The highest BCUT2D eigenvalue weighted by molar-refractivity contribution is 9.10. The minimum Gasteiger partial charge on any atom is -0.331 e. The first kappa shape index (κ1) is 14.9. The van der Waals surface area contributed by atoms with Gasteiger partial charge in [0.1, 0.15) is 5.82 Å². The number of pyridine rings is 1. The van der Waals surface area contributed by atoms with Gasteiger partial charge in [-0.1, -0.05) is 34.1 Å². The van der Waals surface area contributed by atoms with Crippen molar-refractivity contribution in [2.24, 2.45) is 12.8 Å². The molecule has 0 fully saturated rings. The molecule has 3 aromatic rings. The lowest BCUT2D eigenvalue weighted by Crippen LogP contribution is -2.18. The maximum Gasteiger partial charge on any atom is 0.119 e. The Morgan fingerprint density at radius 2 is 1.91 bits per heavy atom. The molecule has 0 aliphatic carbocycles. The molecule has 0 amide bonds. The molecule has 1 aromatic carbocycles. The molecule has 2 N–H and O–H groups in total. The van der Waals surface area contributed by atoms with Crippen molar-refractivity contribution in [3.05, 3.63) is 70.8 Å². The summed E-state index contributed by atoms with van der Waals surface area (Å²) in [5.74, 6) is 0.925. The summed E-state index contributed by atoms with van der Waals surface area (Å²) in [5.41, 5.74) is 9.11. The van der Waals surface area contributed by atoms with Gasteiger partial charge in [-0.05, 0) is 29.8 Å². The van der Waals surface area contributed by atoms with Crippen LogP contribution in [0.2, 0.25) is 0 Å². The molecule has 0 saturated carbocycles. The Hall–Kier alpha value is -1.98. The summed E-state index contributed by atoms with van der Waals surface area (Å²) >= 11 is 3.46. The van der Waals surface area contributed by atoms with Crippen molar-refractivity contribution in [3.63, 3.8) is 0 Å². The lowest BCUT2D eigenvalue weighted by atomic mass is 10.0. The Labute approximate surface area is 138 Å². The molecular weight excluding hydrogens is 340 g/mol. The van der Waals surface area contributed by atoms with Crippen LogP contribution in [0.25, 0.3) is 11.3 Å². The van der Waals surface area contributed by atoms with E-state index in [-0.39, 0.29) is 5.92 Å².